The molecule has 0 saturated heterocycles. The Morgan fingerprint density at radius 3 is 2.41 bits per heavy atom. The van der Waals surface area contributed by atoms with Gasteiger partial charge in [0.15, 0.2) is 0 Å². The van der Waals surface area contributed by atoms with Crippen LogP contribution in [0.3, 0.4) is 0 Å². The van der Waals surface area contributed by atoms with E-state index in [2.05, 4.69) is 4.98 Å². The first kappa shape index (κ1) is 12.1. The summed E-state index contributed by atoms with van der Waals surface area (Å²) >= 11 is 5.76. The number of aryl methyl sites for hydroxylation is 1. The molecule has 0 aliphatic heterocycles. The molecular formula is C11H6ClF4N. The number of hydrogen-bond acceptors (Lipinski definition) is 1. The number of pyridine rings is 1. The van der Waals surface area contributed by atoms with Gasteiger partial charge in [0.1, 0.15) is 11.5 Å². The molecule has 2 rings (SSSR count). The second kappa shape index (κ2) is 3.84. The first-order valence-corrected chi connectivity index (χ1v) is 5.00. The van der Waals surface area contributed by atoms with Crippen LogP contribution >= 0.6 is 11.6 Å². The van der Waals surface area contributed by atoms with E-state index < -0.39 is 17.7 Å². The second-order valence-corrected chi connectivity index (χ2v) is 4.01. The Labute approximate surface area is 99.0 Å². The Bertz CT molecular complexity index is 592. The van der Waals surface area contributed by atoms with Crippen molar-refractivity contribution in [2.45, 2.75) is 13.1 Å². The molecular weight excluding hydrogens is 258 g/mol. The average molecular weight is 264 g/mol. The monoisotopic (exact) mass is 263 g/mol. The summed E-state index contributed by atoms with van der Waals surface area (Å²) in [6, 6.07) is 2.88. The lowest BCUT2D eigenvalue weighted by atomic mass is 10.1. The molecule has 1 aromatic heterocycles. The molecule has 0 unspecified atom stereocenters. The van der Waals surface area contributed by atoms with E-state index in [1.165, 1.54) is 6.07 Å². The Hall–Kier alpha value is -1.36. The largest absolute Gasteiger partial charge is 0.433 e. The molecule has 0 atom stereocenters. The van der Waals surface area contributed by atoms with E-state index in [1.807, 2.05) is 0 Å². The van der Waals surface area contributed by atoms with E-state index in [-0.39, 0.29) is 10.5 Å². The maximum atomic E-state index is 13.1. The lowest BCUT2D eigenvalue weighted by Gasteiger charge is -2.10. The Balaban J connectivity index is 2.82. The summed E-state index contributed by atoms with van der Waals surface area (Å²) in [7, 11) is 0. The Kier molecular flexibility index (Phi) is 2.73. The lowest BCUT2D eigenvalue weighted by molar-refractivity contribution is -0.140. The van der Waals surface area contributed by atoms with Gasteiger partial charge in [-0.25, -0.2) is 9.37 Å². The van der Waals surface area contributed by atoms with Gasteiger partial charge in [0.2, 0.25) is 0 Å². The fourth-order valence-corrected chi connectivity index (χ4v) is 1.97. The van der Waals surface area contributed by atoms with Crippen LogP contribution in [0.15, 0.2) is 18.2 Å². The van der Waals surface area contributed by atoms with E-state index in [9.17, 15) is 17.6 Å². The third kappa shape index (κ3) is 2.20. The van der Waals surface area contributed by atoms with E-state index in [0.29, 0.717) is 10.9 Å². The van der Waals surface area contributed by atoms with Crippen LogP contribution in [0, 0.1) is 12.7 Å². The SMILES string of the molecule is Cc1cc(F)cc2nc(C(F)(F)F)cc(Cl)c12. The average Bonchev–Trinajstić information content (AvgIpc) is 2.13. The minimum atomic E-state index is -4.60. The van der Waals surface area contributed by atoms with E-state index in [1.54, 1.807) is 6.92 Å². The normalized spacial score (nSPS) is 12.1. The van der Waals surface area contributed by atoms with Gasteiger partial charge in [-0.15, -0.1) is 0 Å². The molecule has 1 aromatic carbocycles. The van der Waals surface area contributed by atoms with Crippen molar-refractivity contribution in [2.75, 3.05) is 0 Å². The number of alkyl halides is 3. The van der Waals surface area contributed by atoms with Gasteiger partial charge in [0.25, 0.3) is 0 Å². The van der Waals surface area contributed by atoms with Gasteiger partial charge < -0.3 is 0 Å². The van der Waals surface area contributed by atoms with Crippen molar-refractivity contribution in [1.29, 1.82) is 0 Å². The number of rotatable bonds is 0. The predicted molar refractivity (Wildman–Crippen MR) is 56.5 cm³/mol. The van der Waals surface area contributed by atoms with Gasteiger partial charge in [-0.05, 0) is 24.6 Å². The van der Waals surface area contributed by atoms with Crippen LogP contribution in [-0.2, 0) is 6.18 Å². The zero-order valence-corrected chi connectivity index (χ0v) is 9.33. The highest BCUT2D eigenvalue weighted by Crippen LogP contribution is 2.34. The number of fused-ring (bicyclic) bond motifs is 1. The van der Waals surface area contributed by atoms with Crippen molar-refractivity contribution in [2.24, 2.45) is 0 Å². The molecule has 0 N–H and O–H groups in total. The molecule has 17 heavy (non-hydrogen) atoms. The number of benzene rings is 1. The lowest BCUT2D eigenvalue weighted by Crippen LogP contribution is -2.08. The number of nitrogens with zero attached hydrogens (tertiary/aromatic N) is 1. The molecule has 2 aromatic rings. The highest BCUT2D eigenvalue weighted by Gasteiger charge is 2.33. The molecule has 0 fully saturated rings. The molecule has 1 nitrogen and oxygen atoms in total. The van der Waals surface area contributed by atoms with Crippen LogP contribution in [0.25, 0.3) is 10.9 Å². The van der Waals surface area contributed by atoms with Crippen LogP contribution in [-0.4, -0.2) is 4.98 Å². The summed E-state index contributed by atoms with van der Waals surface area (Å²) in [6.07, 6.45) is -4.60. The first-order valence-electron chi connectivity index (χ1n) is 4.62. The maximum absolute atomic E-state index is 13.1. The minimum Gasteiger partial charge on any atom is -0.243 e. The third-order valence-corrected chi connectivity index (χ3v) is 2.61. The molecule has 0 spiro atoms. The quantitative estimate of drug-likeness (QED) is 0.644. The van der Waals surface area contributed by atoms with E-state index in [0.717, 1.165) is 12.1 Å². The fraction of sp³-hybridized carbons (Fsp3) is 0.182. The van der Waals surface area contributed by atoms with Crippen LogP contribution in [0.4, 0.5) is 17.6 Å². The smallest absolute Gasteiger partial charge is 0.243 e. The highest BCUT2D eigenvalue weighted by molar-refractivity contribution is 6.35. The van der Waals surface area contributed by atoms with Gasteiger partial charge in [0.05, 0.1) is 10.5 Å². The standard InChI is InChI=1S/C11H6ClF4N/c1-5-2-6(13)3-8-10(5)7(12)4-9(17-8)11(14,15)16/h2-4H,1H3. The van der Waals surface area contributed by atoms with E-state index >= 15 is 0 Å². The summed E-state index contributed by atoms with van der Waals surface area (Å²) < 4.78 is 50.5. The molecule has 0 amide bonds. The molecule has 90 valence electrons. The molecule has 0 aliphatic rings. The van der Waals surface area contributed by atoms with Gasteiger partial charge in [-0.2, -0.15) is 13.2 Å². The van der Waals surface area contributed by atoms with E-state index in [4.69, 9.17) is 11.6 Å². The predicted octanol–water partition coefficient (Wildman–Crippen LogP) is 4.35. The summed E-state index contributed by atoms with van der Waals surface area (Å²) in [5.74, 6) is -0.641. The van der Waals surface area contributed by atoms with Gasteiger partial charge in [-0.3, -0.25) is 0 Å². The zero-order chi connectivity index (χ0) is 12.8. The Morgan fingerprint density at radius 1 is 1.18 bits per heavy atom. The summed E-state index contributed by atoms with van der Waals surface area (Å²) in [4.78, 5) is 3.38. The number of aromatic nitrogens is 1. The highest BCUT2D eigenvalue weighted by atomic mass is 35.5. The maximum Gasteiger partial charge on any atom is 0.433 e. The topological polar surface area (TPSA) is 12.9 Å². The van der Waals surface area contributed by atoms with Crippen LogP contribution in [0.2, 0.25) is 5.02 Å². The third-order valence-electron chi connectivity index (χ3n) is 2.31. The molecule has 0 saturated carbocycles. The summed E-state index contributed by atoms with van der Waals surface area (Å²) in [6.45, 7) is 1.56. The molecule has 0 bridgehead atoms. The molecule has 1 heterocycles. The fourth-order valence-electron chi connectivity index (χ4n) is 1.62. The van der Waals surface area contributed by atoms with Crippen LogP contribution in [0.5, 0.6) is 0 Å². The van der Waals surface area contributed by atoms with Gasteiger partial charge in [0, 0.05) is 11.5 Å². The molecule has 0 radical (unpaired) electrons. The van der Waals surface area contributed by atoms with Gasteiger partial charge in [-0.1, -0.05) is 11.6 Å². The van der Waals surface area contributed by atoms with Crippen LogP contribution in [0.1, 0.15) is 11.3 Å². The number of hydrogen-bond donors (Lipinski definition) is 0. The molecule has 6 heteroatoms. The second-order valence-electron chi connectivity index (χ2n) is 3.60. The van der Waals surface area contributed by atoms with Crippen molar-refractivity contribution in [3.63, 3.8) is 0 Å². The molecule has 0 aliphatic carbocycles. The summed E-state index contributed by atoms with van der Waals surface area (Å²) in [5, 5.41) is 0.251. The Morgan fingerprint density at radius 2 is 1.82 bits per heavy atom. The van der Waals surface area contributed by atoms with Gasteiger partial charge >= 0.3 is 6.18 Å². The van der Waals surface area contributed by atoms with Crippen molar-refractivity contribution in [3.8, 4) is 0 Å². The van der Waals surface area contributed by atoms with Crippen LogP contribution < -0.4 is 0 Å². The first-order chi connectivity index (χ1) is 7.79. The van der Waals surface area contributed by atoms with Crippen molar-refractivity contribution in [3.05, 3.63) is 40.3 Å². The van der Waals surface area contributed by atoms with Crippen molar-refractivity contribution in [1.82, 2.24) is 4.98 Å². The van der Waals surface area contributed by atoms with Crippen molar-refractivity contribution >= 4 is 22.5 Å². The minimum absolute atomic E-state index is 0.0835. The zero-order valence-electron chi connectivity index (χ0n) is 8.57. The van der Waals surface area contributed by atoms with Crippen molar-refractivity contribution < 1.29 is 17.6 Å². The number of halogens is 5. The summed E-state index contributed by atoms with van der Waals surface area (Å²) in [5.41, 5.74) is -0.770.